The van der Waals surface area contributed by atoms with Crippen LogP contribution in [0.4, 0.5) is 0 Å². The van der Waals surface area contributed by atoms with Crippen LogP contribution in [0.5, 0.6) is 0 Å². The molecule has 89 heavy (non-hydrogen) atoms. The molecule has 17 heteroatoms. The third-order valence-electron chi connectivity index (χ3n) is 17.1. The maximum Gasteiger partial charge on any atom is 0.307 e. The molecule has 0 aliphatic carbocycles. The fourth-order valence-electron chi connectivity index (χ4n) is 11.6. The molecule has 11 atom stereocenters. The number of unbranched alkanes of at least 4 members (excludes halogenated alkanes) is 21. The molecule has 0 spiro atoms. The number of carboxylic acid groups (broad SMARTS) is 2. The molecule has 0 aromatic rings. The van der Waals surface area contributed by atoms with Crippen molar-refractivity contribution in [3.8, 4) is 0 Å². The molecule has 11 unspecified atom stereocenters. The molecule has 2 heterocycles. The van der Waals surface area contributed by atoms with Crippen molar-refractivity contribution in [2.45, 2.75) is 296 Å². The first kappa shape index (κ1) is 80.8. The highest BCUT2D eigenvalue weighted by atomic mass is 16.8. The van der Waals surface area contributed by atoms with Crippen molar-refractivity contribution in [2.75, 3.05) is 20.2 Å². The van der Waals surface area contributed by atoms with Gasteiger partial charge in [-0.1, -0.05) is 203 Å². The molecule has 0 radical (unpaired) electrons. The summed E-state index contributed by atoms with van der Waals surface area (Å²) in [6, 6.07) is 0. The van der Waals surface area contributed by atoms with Crippen LogP contribution in [0.1, 0.15) is 265 Å². The summed E-state index contributed by atoms with van der Waals surface area (Å²) < 4.78 is 32.4. The summed E-state index contributed by atoms with van der Waals surface area (Å²) in [6.07, 6.45) is 49.6. The van der Waals surface area contributed by atoms with Crippen molar-refractivity contribution in [2.24, 2.45) is 35.5 Å². The Morgan fingerprint density at radius 3 is 1.60 bits per heavy atom. The standard InChI is InChI=1S/C72H120O17/c1-4-7-9-10-26-35-43-58(62(70(80)81)51-65(74)75)44-36-29-24-25-32-40-48-67(77)89-61(50-49-60(73)46-38-30-22-18-14-12-11-13-16-20-27-34-41-57(6-3)63-52-68(78)85-55-87-71(63)82)54-84-66(76)47-39-31-23-19-15-17-21-28-37-45-59(42-33-8-5-2)64-53-69(79)86-56-88-72(64)83/h11,13,20-21,27-28,34,36-37,41,44-45,57-59,61-64,68-69,71-72,78-79,82-83H,4-10,12,14-19,22-26,29-33,35,38-40,42-43,46-56H2,1-3H3,(H,74,75)(H,80,81)/b13-11-,27-20-,28-21-,41-34+,44-36+,45-37+. The lowest BCUT2D eigenvalue weighted by Crippen LogP contribution is -2.30. The number of hydrogen-bond donors (Lipinski definition) is 6. The second-order valence-corrected chi connectivity index (χ2v) is 24.6. The van der Waals surface area contributed by atoms with Gasteiger partial charge in [0.2, 0.25) is 0 Å². The summed E-state index contributed by atoms with van der Waals surface area (Å²) in [7, 11) is 0. The van der Waals surface area contributed by atoms with Gasteiger partial charge in [0, 0.05) is 50.4 Å². The molecule has 510 valence electrons. The van der Waals surface area contributed by atoms with Crippen LogP contribution in [0, 0.1) is 35.5 Å². The van der Waals surface area contributed by atoms with Gasteiger partial charge in [-0.15, -0.1) is 0 Å². The van der Waals surface area contributed by atoms with Crippen LogP contribution in [0.2, 0.25) is 0 Å². The molecular weight excluding hydrogens is 1140 g/mol. The van der Waals surface area contributed by atoms with Crippen LogP contribution in [0.3, 0.4) is 0 Å². The van der Waals surface area contributed by atoms with E-state index in [1.54, 1.807) is 0 Å². The molecule has 0 aromatic heterocycles. The van der Waals surface area contributed by atoms with Crippen molar-refractivity contribution in [1.29, 1.82) is 0 Å². The lowest BCUT2D eigenvalue weighted by Gasteiger charge is -2.27. The largest absolute Gasteiger partial charge is 0.481 e. The maximum atomic E-state index is 13.1. The predicted molar refractivity (Wildman–Crippen MR) is 347 cm³/mol. The van der Waals surface area contributed by atoms with Gasteiger partial charge in [-0.2, -0.15) is 0 Å². The first-order chi connectivity index (χ1) is 43.2. The Labute approximate surface area is 535 Å². The van der Waals surface area contributed by atoms with E-state index in [1.807, 2.05) is 49.5 Å². The zero-order valence-electron chi connectivity index (χ0n) is 54.9. The van der Waals surface area contributed by atoms with Gasteiger partial charge in [0.25, 0.3) is 0 Å². The lowest BCUT2D eigenvalue weighted by atomic mass is 9.84. The van der Waals surface area contributed by atoms with Crippen molar-refractivity contribution in [3.63, 3.8) is 0 Å². The minimum Gasteiger partial charge on any atom is -0.481 e. The molecule has 2 aliphatic heterocycles. The van der Waals surface area contributed by atoms with E-state index in [4.69, 9.17) is 28.4 Å². The molecule has 0 bridgehead atoms. The number of carboxylic acids is 2. The van der Waals surface area contributed by atoms with Crippen LogP contribution in [0.25, 0.3) is 0 Å². The summed E-state index contributed by atoms with van der Waals surface area (Å²) in [5, 5.41) is 60.3. The first-order valence-electron chi connectivity index (χ1n) is 34.7. The number of ether oxygens (including phenoxy) is 6. The van der Waals surface area contributed by atoms with Gasteiger partial charge in [-0.25, -0.2) is 0 Å². The number of carbonyl (C=O) groups is 5. The molecule has 0 saturated carbocycles. The van der Waals surface area contributed by atoms with E-state index < -0.39 is 61.5 Å². The van der Waals surface area contributed by atoms with Crippen molar-refractivity contribution in [1.82, 2.24) is 0 Å². The van der Waals surface area contributed by atoms with Gasteiger partial charge in [0.1, 0.15) is 18.5 Å². The second-order valence-electron chi connectivity index (χ2n) is 24.6. The van der Waals surface area contributed by atoms with Crippen LogP contribution in [0.15, 0.2) is 72.9 Å². The average molecular weight is 1260 g/mol. The van der Waals surface area contributed by atoms with E-state index in [-0.39, 0.29) is 87.2 Å². The third kappa shape index (κ3) is 42.4. The third-order valence-corrected chi connectivity index (χ3v) is 17.1. The van der Waals surface area contributed by atoms with E-state index in [0.717, 1.165) is 167 Å². The Bertz CT molecular complexity index is 2010. The Morgan fingerprint density at radius 1 is 0.483 bits per heavy atom. The molecule has 0 aromatic carbocycles. The number of aliphatic hydroxyl groups excluding tert-OH is 4. The maximum absolute atomic E-state index is 13.1. The zero-order valence-corrected chi connectivity index (χ0v) is 54.9. The first-order valence-corrected chi connectivity index (χ1v) is 34.7. The summed E-state index contributed by atoms with van der Waals surface area (Å²) >= 11 is 0. The summed E-state index contributed by atoms with van der Waals surface area (Å²) in [5.41, 5.74) is 0. The molecule has 17 nitrogen and oxygen atoms in total. The van der Waals surface area contributed by atoms with Crippen LogP contribution in [-0.4, -0.2) is 112 Å². The van der Waals surface area contributed by atoms with Crippen molar-refractivity contribution < 1.29 is 83.0 Å². The van der Waals surface area contributed by atoms with Gasteiger partial charge >= 0.3 is 23.9 Å². The van der Waals surface area contributed by atoms with Gasteiger partial charge in [0.05, 0.1) is 12.3 Å². The molecule has 2 fully saturated rings. The van der Waals surface area contributed by atoms with Crippen LogP contribution in [-0.2, 0) is 52.4 Å². The van der Waals surface area contributed by atoms with Crippen LogP contribution >= 0.6 is 0 Å². The fourth-order valence-corrected chi connectivity index (χ4v) is 11.6. The van der Waals surface area contributed by atoms with E-state index in [1.165, 1.54) is 6.42 Å². The summed E-state index contributed by atoms with van der Waals surface area (Å²) in [4.78, 5) is 62.7. The SMILES string of the molecule is CCCCCCCCC(/C=C/CCCCCCC(=O)OC(CCC(=O)CCCCCCC/C=C\C/C=C\C=C\C(CC)C1CC(O)OCOC1O)COC(=O)CCCCCCC/C=C\C=C\C(CCCCC)C1CC(O)OCOC1O)C(CC(=O)O)C(=O)O. The number of allylic oxidation sites excluding steroid dienone is 12. The number of carbonyl (C=O) groups excluding carboxylic acids is 3. The smallest absolute Gasteiger partial charge is 0.307 e. The van der Waals surface area contributed by atoms with E-state index >= 15 is 0 Å². The number of aliphatic hydroxyl groups is 4. The molecule has 2 rings (SSSR count). The quantitative estimate of drug-likeness (QED) is 0.0143. The number of ketones is 1. The number of aliphatic carboxylic acids is 2. The Kier molecular flexibility index (Phi) is 49.2. The van der Waals surface area contributed by atoms with E-state index in [2.05, 4.69) is 44.2 Å². The van der Waals surface area contributed by atoms with Crippen molar-refractivity contribution >= 4 is 29.7 Å². The Hall–Kier alpha value is -4.33. The molecule has 2 aliphatic rings. The number of hydrogen-bond acceptors (Lipinski definition) is 15. The van der Waals surface area contributed by atoms with Gasteiger partial charge in [-0.3, -0.25) is 24.0 Å². The fraction of sp³-hybridized carbons (Fsp3) is 0.764. The monoisotopic (exact) mass is 1260 g/mol. The Balaban J connectivity index is 1.80. The highest BCUT2D eigenvalue weighted by Crippen LogP contribution is 2.32. The minimum atomic E-state index is -1.11. The summed E-state index contributed by atoms with van der Waals surface area (Å²) in [6.45, 7) is 6.01. The Morgan fingerprint density at radius 2 is 0.989 bits per heavy atom. The normalized spacial score (nSPS) is 21.2. The predicted octanol–water partition coefficient (Wildman–Crippen LogP) is 15.4. The molecule has 6 N–H and O–H groups in total. The molecule has 2 saturated heterocycles. The average Bonchev–Trinajstić information content (AvgIpc) is 3.89. The highest BCUT2D eigenvalue weighted by Gasteiger charge is 2.34. The van der Waals surface area contributed by atoms with E-state index in [9.17, 15) is 54.6 Å². The number of esters is 2. The van der Waals surface area contributed by atoms with Crippen LogP contribution < -0.4 is 0 Å². The minimum absolute atomic E-state index is 0.0494. The van der Waals surface area contributed by atoms with Gasteiger partial charge in [0.15, 0.2) is 38.7 Å². The second kappa shape index (κ2) is 54.2. The molecular formula is C72H120O17. The lowest BCUT2D eigenvalue weighted by molar-refractivity contribution is -0.199. The van der Waals surface area contributed by atoms with Gasteiger partial charge in [-0.05, 0) is 108 Å². The van der Waals surface area contributed by atoms with Gasteiger partial charge < -0.3 is 59.1 Å². The summed E-state index contributed by atoms with van der Waals surface area (Å²) in [5.74, 6) is -4.55. The zero-order chi connectivity index (χ0) is 65.0. The van der Waals surface area contributed by atoms with Crippen molar-refractivity contribution in [3.05, 3.63) is 72.9 Å². The molecule has 0 amide bonds. The topological polar surface area (TPSA) is 262 Å². The number of Topliss-reactive ketones (excluding diaryl/α,β-unsaturated/α-hetero) is 1. The number of rotatable bonds is 54. The van der Waals surface area contributed by atoms with E-state index in [0.29, 0.717) is 38.5 Å². The highest BCUT2D eigenvalue weighted by molar-refractivity contribution is 5.79.